The zero-order valence-electron chi connectivity index (χ0n) is 18.8. The molecular weight excluding hydrogens is 420 g/mol. The van der Waals surface area contributed by atoms with Crippen LogP contribution in [0.2, 0.25) is 0 Å². The van der Waals surface area contributed by atoms with Crippen molar-refractivity contribution in [1.29, 1.82) is 0 Å². The molecule has 0 radical (unpaired) electrons. The standard InChI is InChI=1S/C25H30N4O2S/c1-16-27-28-25(32-16)18-5-6-19-15-26-21(13-20(19)12-18)14-24(30)29-22-7-8-23(29)11-17(10-22)4-3-9-31-2/h5-6,12-13,15,17,22-23H,3-4,7-11,14H2,1-2H3/t17?,22-,23+. The van der Waals surface area contributed by atoms with Gasteiger partial charge in [-0.3, -0.25) is 9.78 Å². The zero-order valence-corrected chi connectivity index (χ0v) is 19.6. The van der Waals surface area contributed by atoms with Gasteiger partial charge in [0.15, 0.2) is 0 Å². The zero-order chi connectivity index (χ0) is 22.1. The average Bonchev–Trinajstić information content (AvgIpc) is 3.34. The smallest absolute Gasteiger partial charge is 0.229 e. The number of amides is 1. The summed E-state index contributed by atoms with van der Waals surface area (Å²) < 4.78 is 5.21. The van der Waals surface area contributed by atoms with Crippen molar-refractivity contribution in [2.75, 3.05) is 13.7 Å². The summed E-state index contributed by atoms with van der Waals surface area (Å²) in [7, 11) is 1.77. The van der Waals surface area contributed by atoms with Crippen molar-refractivity contribution in [3.8, 4) is 10.6 Å². The molecule has 2 aliphatic rings. The van der Waals surface area contributed by atoms with Crippen LogP contribution in [0.15, 0.2) is 30.5 Å². The van der Waals surface area contributed by atoms with E-state index in [1.807, 2.05) is 13.1 Å². The predicted molar refractivity (Wildman–Crippen MR) is 127 cm³/mol. The first-order valence-electron chi connectivity index (χ1n) is 11.6. The van der Waals surface area contributed by atoms with E-state index in [0.29, 0.717) is 18.5 Å². The summed E-state index contributed by atoms with van der Waals surface area (Å²) >= 11 is 1.59. The SMILES string of the molecule is COCCCC1C[C@H]2CC[C@@H](C1)N2C(=O)Cc1cc2cc(-c3nnc(C)s3)ccc2cn1. The topological polar surface area (TPSA) is 68.2 Å². The van der Waals surface area contributed by atoms with Crippen LogP contribution in [0.3, 0.4) is 0 Å². The van der Waals surface area contributed by atoms with E-state index in [9.17, 15) is 4.79 Å². The van der Waals surface area contributed by atoms with Gasteiger partial charge in [-0.15, -0.1) is 10.2 Å². The van der Waals surface area contributed by atoms with Crippen LogP contribution in [0.4, 0.5) is 0 Å². The number of rotatable bonds is 7. The van der Waals surface area contributed by atoms with Crippen LogP contribution in [0.1, 0.15) is 49.2 Å². The lowest BCUT2D eigenvalue weighted by molar-refractivity contribution is -0.135. The third kappa shape index (κ3) is 4.41. The lowest BCUT2D eigenvalue weighted by atomic mass is 9.87. The molecule has 2 aromatic heterocycles. The number of hydrogen-bond donors (Lipinski definition) is 0. The number of ether oxygens (including phenoxy) is 1. The van der Waals surface area contributed by atoms with Gasteiger partial charge in [0.25, 0.3) is 0 Å². The van der Waals surface area contributed by atoms with Crippen LogP contribution in [0.5, 0.6) is 0 Å². The lowest BCUT2D eigenvalue weighted by Crippen LogP contribution is -2.47. The first kappa shape index (κ1) is 21.5. The van der Waals surface area contributed by atoms with Crippen LogP contribution >= 0.6 is 11.3 Å². The molecule has 2 saturated heterocycles. The van der Waals surface area contributed by atoms with Crippen LogP contribution in [0, 0.1) is 12.8 Å². The molecule has 32 heavy (non-hydrogen) atoms. The van der Waals surface area contributed by atoms with Crippen molar-refractivity contribution in [3.05, 3.63) is 41.2 Å². The van der Waals surface area contributed by atoms with Crippen molar-refractivity contribution >= 4 is 28.0 Å². The summed E-state index contributed by atoms with van der Waals surface area (Å²) in [5.41, 5.74) is 1.90. The Morgan fingerprint density at radius 3 is 2.69 bits per heavy atom. The quantitative estimate of drug-likeness (QED) is 0.484. The number of carbonyl (C=O) groups is 1. The van der Waals surface area contributed by atoms with Crippen molar-refractivity contribution in [2.24, 2.45) is 5.92 Å². The minimum Gasteiger partial charge on any atom is -0.385 e. The predicted octanol–water partition coefficient (Wildman–Crippen LogP) is 4.80. The van der Waals surface area contributed by atoms with Crippen molar-refractivity contribution in [1.82, 2.24) is 20.1 Å². The van der Waals surface area contributed by atoms with E-state index in [2.05, 4.69) is 44.3 Å². The maximum Gasteiger partial charge on any atom is 0.229 e. The highest BCUT2D eigenvalue weighted by Gasteiger charge is 2.42. The molecule has 0 spiro atoms. The number of carbonyl (C=O) groups excluding carboxylic acids is 1. The molecule has 4 heterocycles. The summed E-state index contributed by atoms with van der Waals surface area (Å²) in [5, 5.41) is 12.4. The number of aryl methyl sites for hydroxylation is 1. The van der Waals surface area contributed by atoms with Gasteiger partial charge in [-0.05, 0) is 68.9 Å². The van der Waals surface area contributed by atoms with E-state index >= 15 is 0 Å². The molecule has 2 fully saturated rings. The monoisotopic (exact) mass is 450 g/mol. The Balaban J connectivity index is 1.28. The van der Waals surface area contributed by atoms with Gasteiger partial charge in [0.2, 0.25) is 5.91 Å². The third-order valence-corrected chi connectivity index (χ3v) is 7.85. The molecule has 5 rings (SSSR count). The Morgan fingerprint density at radius 2 is 1.97 bits per heavy atom. The Morgan fingerprint density at radius 1 is 1.16 bits per heavy atom. The van der Waals surface area contributed by atoms with Gasteiger partial charge in [0.05, 0.1) is 12.1 Å². The molecule has 3 atom stereocenters. The van der Waals surface area contributed by atoms with Crippen molar-refractivity contribution in [2.45, 2.75) is 64.0 Å². The molecule has 0 N–H and O–H groups in total. The maximum absolute atomic E-state index is 13.3. The normalized spacial score (nSPS) is 22.6. The summed E-state index contributed by atoms with van der Waals surface area (Å²) in [6.07, 6.45) is 9.16. The Bertz CT molecular complexity index is 1100. The molecule has 6 nitrogen and oxygen atoms in total. The van der Waals surface area contributed by atoms with Gasteiger partial charge < -0.3 is 9.64 Å². The number of pyridine rings is 1. The van der Waals surface area contributed by atoms with Crippen molar-refractivity contribution in [3.63, 3.8) is 0 Å². The van der Waals surface area contributed by atoms with E-state index in [-0.39, 0.29) is 5.91 Å². The Labute approximate surface area is 193 Å². The number of hydrogen-bond acceptors (Lipinski definition) is 6. The van der Waals surface area contributed by atoms with Crippen molar-refractivity contribution < 1.29 is 9.53 Å². The number of nitrogens with zero attached hydrogens (tertiary/aromatic N) is 4. The summed E-state index contributed by atoms with van der Waals surface area (Å²) in [6, 6.07) is 9.12. The van der Waals surface area contributed by atoms with Gasteiger partial charge in [-0.25, -0.2) is 0 Å². The molecule has 1 aromatic carbocycles. The minimum absolute atomic E-state index is 0.232. The van der Waals surface area contributed by atoms with E-state index in [1.54, 1.807) is 18.4 Å². The van der Waals surface area contributed by atoms with Gasteiger partial charge in [-0.1, -0.05) is 23.5 Å². The van der Waals surface area contributed by atoms with E-state index < -0.39 is 0 Å². The highest BCUT2D eigenvalue weighted by atomic mass is 32.1. The molecule has 168 valence electrons. The molecular formula is C25H30N4O2S. The second-order valence-corrected chi connectivity index (χ2v) is 10.4. The highest BCUT2D eigenvalue weighted by molar-refractivity contribution is 7.14. The Hall–Kier alpha value is -2.38. The fourth-order valence-corrected chi connectivity index (χ4v) is 6.21. The summed E-state index contributed by atoms with van der Waals surface area (Å²) in [6.45, 7) is 2.80. The van der Waals surface area contributed by atoms with E-state index in [4.69, 9.17) is 4.74 Å². The number of fused-ring (bicyclic) bond motifs is 3. The van der Waals surface area contributed by atoms with E-state index in [1.165, 1.54) is 6.42 Å². The maximum atomic E-state index is 13.3. The van der Waals surface area contributed by atoms with Crippen LogP contribution in [-0.2, 0) is 16.0 Å². The van der Waals surface area contributed by atoms with Gasteiger partial charge in [-0.2, -0.15) is 0 Å². The molecule has 2 bridgehead atoms. The lowest BCUT2D eigenvalue weighted by Gasteiger charge is -2.39. The van der Waals surface area contributed by atoms with Gasteiger partial charge in [0.1, 0.15) is 10.0 Å². The van der Waals surface area contributed by atoms with Gasteiger partial charge >= 0.3 is 0 Å². The van der Waals surface area contributed by atoms with Crippen LogP contribution in [-0.4, -0.2) is 51.8 Å². The number of aromatic nitrogens is 3. The molecule has 1 unspecified atom stereocenters. The average molecular weight is 451 g/mol. The molecule has 0 aliphatic carbocycles. The second-order valence-electron chi connectivity index (χ2n) is 9.20. The van der Waals surface area contributed by atoms with E-state index in [0.717, 1.165) is 76.7 Å². The second kappa shape index (κ2) is 9.24. The number of piperidine rings is 1. The van der Waals surface area contributed by atoms with Gasteiger partial charge in [0, 0.05) is 42.9 Å². The highest BCUT2D eigenvalue weighted by Crippen LogP contribution is 2.40. The minimum atomic E-state index is 0.232. The summed E-state index contributed by atoms with van der Waals surface area (Å²) in [5.74, 6) is 0.962. The first-order chi connectivity index (χ1) is 15.6. The van der Waals surface area contributed by atoms with Crippen LogP contribution < -0.4 is 0 Å². The fourth-order valence-electron chi connectivity index (χ4n) is 5.52. The molecule has 0 saturated carbocycles. The summed E-state index contributed by atoms with van der Waals surface area (Å²) in [4.78, 5) is 20.1. The molecule has 1 amide bonds. The fraction of sp³-hybridized carbons (Fsp3) is 0.520. The molecule has 2 aliphatic heterocycles. The molecule has 3 aromatic rings. The largest absolute Gasteiger partial charge is 0.385 e. The number of methoxy groups -OCH3 is 1. The first-order valence-corrected chi connectivity index (χ1v) is 12.4. The number of benzene rings is 1. The van der Waals surface area contributed by atoms with Crippen LogP contribution in [0.25, 0.3) is 21.3 Å². The molecule has 7 heteroatoms. The third-order valence-electron chi connectivity index (χ3n) is 6.96. The Kier molecular flexibility index (Phi) is 6.20.